The van der Waals surface area contributed by atoms with Crippen molar-refractivity contribution in [1.82, 2.24) is 9.62 Å². The lowest BCUT2D eigenvalue weighted by Gasteiger charge is -2.19. The molecule has 0 radical (unpaired) electrons. The van der Waals surface area contributed by atoms with E-state index in [2.05, 4.69) is 4.72 Å². The Kier molecular flexibility index (Phi) is 8.58. The van der Waals surface area contributed by atoms with E-state index < -0.39 is 21.7 Å². The largest absolute Gasteiger partial charge is 0.495 e. The van der Waals surface area contributed by atoms with E-state index in [-0.39, 0.29) is 48.3 Å². The van der Waals surface area contributed by atoms with Gasteiger partial charge in [-0.2, -0.15) is 0 Å². The molecule has 164 valence electrons. The molecule has 0 heterocycles. The average Bonchev–Trinajstić information content (AvgIpc) is 2.74. The number of halogens is 1. The number of benzene rings is 2. The topological polar surface area (TPSA) is 94.2 Å². The number of likely N-dealkylation sites (N-methyl/N-ethyl adjacent to an activating group) is 1. The first-order chi connectivity index (χ1) is 14.3. The van der Waals surface area contributed by atoms with Gasteiger partial charge in [0.05, 0.1) is 20.3 Å². The molecule has 0 saturated heterocycles. The van der Waals surface area contributed by atoms with Gasteiger partial charge in [0.1, 0.15) is 17.3 Å². The van der Waals surface area contributed by atoms with Gasteiger partial charge in [0.15, 0.2) is 11.6 Å². The van der Waals surface area contributed by atoms with Crippen LogP contribution in [0.1, 0.15) is 10.4 Å². The van der Waals surface area contributed by atoms with Crippen molar-refractivity contribution in [2.24, 2.45) is 0 Å². The van der Waals surface area contributed by atoms with Gasteiger partial charge in [-0.1, -0.05) is 12.1 Å². The molecule has 0 atom stereocenters. The van der Waals surface area contributed by atoms with E-state index in [4.69, 9.17) is 14.2 Å². The van der Waals surface area contributed by atoms with Gasteiger partial charge in [-0.15, -0.1) is 0 Å². The smallest absolute Gasteiger partial charge is 0.253 e. The quantitative estimate of drug-likeness (QED) is 0.537. The first kappa shape index (κ1) is 23.6. The summed E-state index contributed by atoms with van der Waals surface area (Å²) in [5, 5.41) is 0. The summed E-state index contributed by atoms with van der Waals surface area (Å²) >= 11 is 0. The molecule has 0 spiro atoms. The first-order valence-corrected chi connectivity index (χ1v) is 10.6. The van der Waals surface area contributed by atoms with Crippen LogP contribution < -0.4 is 14.2 Å². The minimum Gasteiger partial charge on any atom is -0.495 e. The van der Waals surface area contributed by atoms with Crippen LogP contribution in [0.4, 0.5) is 4.39 Å². The molecule has 0 aromatic heterocycles. The van der Waals surface area contributed by atoms with Crippen molar-refractivity contribution in [3.63, 3.8) is 0 Å². The Labute approximate surface area is 175 Å². The fourth-order valence-corrected chi connectivity index (χ4v) is 3.76. The molecule has 0 aliphatic carbocycles. The maximum absolute atomic E-state index is 13.6. The van der Waals surface area contributed by atoms with Crippen molar-refractivity contribution in [1.29, 1.82) is 0 Å². The summed E-state index contributed by atoms with van der Waals surface area (Å²) in [6.07, 6.45) is 0. The van der Waals surface area contributed by atoms with E-state index in [0.717, 1.165) is 0 Å². The van der Waals surface area contributed by atoms with Crippen molar-refractivity contribution in [3.05, 3.63) is 53.8 Å². The Morgan fingerprint density at radius 1 is 1.10 bits per heavy atom. The number of methoxy groups -OCH3 is 2. The standard InChI is InChI=1S/C20H25FN2O6S/c1-23(11-13-29-17-7-5-4-6-16(17)21)20(24)15-8-9-18(28-3)19(14-15)30(25,26)22-10-12-27-2/h4-9,14,22H,10-13H2,1-3H3. The molecule has 0 fully saturated rings. The van der Waals surface area contributed by atoms with Crippen LogP contribution >= 0.6 is 0 Å². The molecule has 8 nitrogen and oxygen atoms in total. The summed E-state index contributed by atoms with van der Waals surface area (Å²) in [5.74, 6) is -0.694. The number of amides is 1. The molecule has 0 aliphatic heterocycles. The molecule has 30 heavy (non-hydrogen) atoms. The van der Waals surface area contributed by atoms with Gasteiger partial charge >= 0.3 is 0 Å². The van der Waals surface area contributed by atoms with Crippen LogP contribution in [0.3, 0.4) is 0 Å². The molecule has 0 unspecified atom stereocenters. The molecule has 0 saturated carbocycles. The van der Waals surface area contributed by atoms with Gasteiger partial charge in [0.25, 0.3) is 5.91 Å². The van der Waals surface area contributed by atoms with E-state index >= 15 is 0 Å². The Morgan fingerprint density at radius 2 is 1.83 bits per heavy atom. The third-order valence-corrected chi connectivity index (χ3v) is 5.65. The summed E-state index contributed by atoms with van der Waals surface area (Å²) < 4.78 is 56.4. The van der Waals surface area contributed by atoms with Crippen LogP contribution in [0.25, 0.3) is 0 Å². The number of nitrogens with one attached hydrogen (secondary N) is 1. The highest BCUT2D eigenvalue weighted by Gasteiger charge is 2.22. The Bertz CT molecular complexity index is 968. The number of sulfonamides is 1. The number of hydrogen-bond donors (Lipinski definition) is 1. The van der Waals surface area contributed by atoms with E-state index in [1.807, 2.05) is 0 Å². The zero-order chi connectivity index (χ0) is 22.1. The van der Waals surface area contributed by atoms with Crippen LogP contribution in [-0.2, 0) is 14.8 Å². The van der Waals surface area contributed by atoms with Gasteiger partial charge in [-0.05, 0) is 30.3 Å². The van der Waals surface area contributed by atoms with Crippen LogP contribution in [0, 0.1) is 5.82 Å². The van der Waals surface area contributed by atoms with Gasteiger partial charge in [0, 0.05) is 26.3 Å². The molecule has 2 rings (SSSR count). The van der Waals surface area contributed by atoms with Crippen molar-refractivity contribution in [3.8, 4) is 11.5 Å². The summed E-state index contributed by atoms with van der Waals surface area (Å²) in [4.78, 5) is 13.9. The Hall–Kier alpha value is -2.69. The fraction of sp³-hybridized carbons (Fsp3) is 0.350. The molecular weight excluding hydrogens is 415 g/mol. The Morgan fingerprint density at radius 3 is 2.50 bits per heavy atom. The number of hydrogen-bond acceptors (Lipinski definition) is 6. The van der Waals surface area contributed by atoms with Crippen LogP contribution in [0.5, 0.6) is 11.5 Å². The maximum Gasteiger partial charge on any atom is 0.253 e. The SMILES string of the molecule is COCCNS(=O)(=O)c1cc(C(=O)N(C)CCOc2ccccc2F)ccc1OC. The molecule has 10 heteroatoms. The number of carbonyl (C=O) groups excluding carboxylic acids is 1. The molecule has 2 aromatic rings. The van der Waals surface area contributed by atoms with Gasteiger partial charge in [-0.3, -0.25) is 4.79 Å². The molecular formula is C20H25FN2O6S. The normalized spacial score (nSPS) is 11.2. The third kappa shape index (κ3) is 6.15. The van der Waals surface area contributed by atoms with Crippen molar-refractivity contribution in [2.75, 3.05) is 47.6 Å². The summed E-state index contributed by atoms with van der Waals surface area (Å²) in [6, 6.07) is 10.1. The summed E-state index contributed by atoms with van der Waals surface area (Å²) in [6.45, 7) is 0.523. The zero-order valence-corrected chi connectivity index (χ0v) is 17.9. The van der Waals surface area contributed by atoms with Gasteiger partial charge < -0.3 is 19.1 Å². The van der Waals surface area contributed by atoms with Crippen molar-refractivity contribution < 1.29 is 31.8 Å². The highest BCUT2D eigenvalue weighted by Crippen LogP contribution is 2.25. The maximum atomic E-state index is 13.6. The Balaban J connectivity index is 2.10. The summed E-state index contributed by atoms with van der Waals surface area (Å²) in [7, 11) is 0.440. The molecule has 2 aromatic carbocycles. The summed E-state index contributed by atoms with van der Waals surface area (Å²) in [5.41, 5.74) is 0.163. The fourth-order valence-electron chi connectivity index (χ4n) is 2.55. The predicted molar refractivity (Wildman–Crippen MR) is 109 cm³/mol. The lowest BCUT2D eigenvalue weighted by molar-refractivity contribution is 0.0772. The average molecular weight is 440 g/mol. The monoisotopic (exact) mass is 440 g/mol. The van der Waals surface area contributed by atoms with E-state index in [0.29, 0.717) is 0 Å². The highest BCUT2D eigenvalue weighted by molar-refractivity contribution is 7.89. The van der Waals surface area contributed by atoms with Crippen LogP contribution in [0.15, 0.2) is 47.4 Å². The predicted octanol–water partition coefficient (Wildman–Crippen LogP) is 1.91. The minimum atomic E-state index is -3.91. The second-order valence-corrected chi connectivity index (χ2v) is 8.00. The minimum absolute atomic E-state index is 0.0725. The van der Waals surface area contributed by atoms with Gasteiger partial charge in [0.2, 0.25) is 10.0 Å². The van der Waals surface area contributed by atoms with Gasteiger partial charge in [-0.25, -0.2) is 17.5 Å². The number of nitrogens with zero attached hydrogens (tertiary/aromatic N) is 1. The van der Waals surface area contributed by atoms with E-state index in [9.17, 15) is 17.6 Å². The molecule has 0 aliphatic rings. The lowest BCUT2D eigenvalue weighted by Crippen LogP contribution is -2.31. The second kappa shape index (κ2) is 10.9. The number of carbonyl (C=O) groups is 1. The van der Waals surface area contributed by atoms with Crippen molar-refractivity contribution >= 4 is 15.9 Å². The molecule has 0 bridgehead atoms. The number of rotatable bonds is 11. The number of ether oxygens (including phenoxy) is 3. The first-order valence-electron chi connectivity index (χ1n) is 9.09. The zero-order valence-electron chi connectivity index (χ0n) is 17.1. The van der Waals surface area contributed by atoms with Crippen LogP contribution in [0.2, 0.25) is 0 Å². The van der Waals surface area contributed by atoms with E-state index in [1.165, 1.54) is 49.5 Å². The second-order valence-electron chi connectivity index (χ2n) is 6.26. The molecule has 1 N–H and O–H groups in total. The third-order valence-electron chi connectivity index (χ3n) is 4.17. The lowest BCUT2D eigenvalue weighted by atomic mass is 10.2. The van der Waals surface area contributed by atoms with Crippen molar-refractivity contribution in [2.45, 2.75) is 4.90 Å². The van der Waals surface area contributed by atoms with Crippen LogP contribution in [-0.4, -0.2) is 66.8 Å². The van der Waals surface area contributed by atoms with E-state index in [1.54, 1.807) is 19.2 Å². The number of para-hydroxylation sites is 1. The highest BCUT2D eigenvalue weighted by atomic mass is 32.2. The molecule has 1 amide bonds.